The Morgan fingerprint density at radius 2 is 2.04 bits per heavy atom. The number of nitrogens with one attached hydrogen (secondary N) is 1. The zero-order valence-corrected chi connectivity index (χ0v) is 12.6. The summed E-state index contributed by atoms with van der Waals surface area (Å²) in [6.45, 7) is 0.665. The highest BCUT2D eigenvalue weighted by Gasteiger charge is 2.27. The van der Waals surface area contributed by atoms with E-state index in [9.17, 15) is 14.0 Å². The number of benzene rings is 1. The largest absolute Gasteiger partial charge is 0.465 e. The number of hydrogen-bond donors (Lipinski definition) is 2. The van der Waals surface area contributed by atoms with Crippen LogP contribution in [0.4, 0.5) is 9.18 Å². The molecule has 0 aliphatic carbocycles. The Labute approximate surface area is 137 Å². The maximum absolute atomic E-state index is 13.2. The van der Waals surface area contributed by atoms with Crippen molar-refractivity contribution in [2.45, 2.75) is 12.5 Å². The van der Waals surface area contributed by atoms with Crippen molar-refractivity contribution >= 4 is 12.0 Å². The third kappa shape index (κ3) is 3.48. The Morgan fingerprint density at radius 3 is 2.67 bits per heavy atom. The minimum atomic E-state index is -0.991. The highest BCUT2D eigenvalue weighted by Crippen LogP contribution is 2.16. The molecule has 1 saturated heterocycles. The van der Waals surface area contributed by atoms with E-state index in [1.165, 1.54) is 29.4 Å². The number of carbonyl (C=O) groups is 2. The van der Waals surface area contributed by atoms with Crippen LogP contribution in [0.25, 0.3) is 11.4 Å². The molecule has 7 nitrogen and oxygen atoms in total. The Bertz CT molecular complexity index is 766. The van der Waals surface area contributed by atoms with Crippen molar-refractivity contribution in [2.75, 3.05) is 13.1 Å². The van der Waals surface area contributed by atoms with Crippen molar-refractivity contribution in [3.63, 3.8) is 0 Å². The van der Waals surface area contributed by atoms with Gasteiger partial charge in [-0.05, 0) is 18.6 Å². The number of aromatic nitrogens is 2. The molecular formula is C16H15FN4O3. The fourth-order valence-electron chi connectivity index (χ4n) is 2.54. The second kappa shape index (κ2) is 6.61. The van der Waals surface area contributed by atoms with Gasteiger partial charge in [-0.25, -0.2) is 19.2 Å². The standard InChI is InChI=1S/C16H15FN4O3/c17-12-3-1-2-10(6-12)14-18-7-11(8-19-14)15(22)20-13-4-5-21(9-13)16(23)24/h1-3,6-8,13H,4-5,9H2,(H,20,22)(H,23,24). The Kier molecular flexibility index (Phi) is 4.37. The van der Waals surface area contributed by atoms with E-state index < -0.39 is 6.09 Å². The molecule has 0 spiro atoms. The number of likely N-dealkylation sites (tertiary alicyclic amines) is 1. The molecule has 1 aromatic carbocycles. The smallest absolute Gasteiger partial charge is 0.407 e. The summed E-state index contributed by atoms with van der Waals surface area (Å²) in [5, 5.41) is 11.7. The average molecular weight is 330 g/mol. The van der Waals surface area contributed by atoms with E-state index in [0.29, 0.717) is 24.4 Å². The first-order chi connectivity index (χ1) is 11.5. The van der Waals surface area contributed by atoms with Crippen molar-refractivity contribution in [3.8, 4) is 11.4 Å². The van der Waals surface area contributed by atoms with Crippen molar-refractivity contribution < 1.29 is 19.1 Å². The van der Waals surface area contributed by atoms with Crippen molar-refractivity contribution in [3.05, 3.63) is 48.0 Å². The third-order valence-corrected chi connectivity index (χ3v) is 3.79. The summed E-state index contributed by atoms with van der Waals surface area (Å²) in [6, 6.07) is 5.65. The van der Waals surface area contributed by atoms with Crippen LogP contribution >= 0.6 is 0 Å². The summed E-state index contributed by atoms with van der Waals surface area (Å²) < 4.78 is 13.2. The van der Waals surface area contributed by atoms with Gasteiger partial charge in [0, 0.05) is 37.1 Å². The van der Waals surface area contributed by atoms with Crippen molar-refractivity contribution in [2.24, 2.45) is 0 Å². The molecule has 1 aliphatic rings. The molecule has 0 radical (unpaired) electrons. The number of carboxylic acid groups (broad SMARTS) is 1. The Balaban J connectivity index is 1.65. The second-order valence-corrected chi connectivity index (χ2v) is 5.49. The molecule has 124 valence electrons. The highest BCUT2D eigenvalue weighted by atomic mass is 19.1. The summed E-state index contributed by atoms with van der Waals surface area (Å²) in [5.74, 6) is -0.427. The van der Waals surface area contributed by atoms with Crippen LogP contribution in [0.1, 0.15) is 16.8 Å². The summed E-state index contributed by atoms with van der Waals surface area (Å²) in [6.07, 6.45) is 2.31. The Hall–Kier alpha value is -3.03. The van der Waals surface area contributed by atoms with Crippen LogP contribution in [0.3, 0.4) is 0 Å². The molecule has 1 atom stereocenters. The normalized spacial score (nSPS) is 16.9. The number of nitrogens with zero attached hydrogens (tertiary/aromatic N) is 3. The molecule has 1 aliphatic heterocycles. The van der Waals surface area contributed by atoms with Gasteiger partial charge in [-0.1, -0.05) is 12.1 Å². The molecule has 2 heterocycles. The molecule has 0 bridgehead atoms. The first kappa shape index (κ1) is 15.9. The molecule has 2 amide bonds. The molecule has 1 unspecified atom stereocenters. The predicted octanol–water partition coefficient (Wildman–Crippen LogP) is 1.76. The van der Waals surface area contributed by atoms with E-state index in [1.807, 2.05) is 0 Å². The van der Waals surface area contributed by atoms with Gasteiger partial charge in [0.25, 0.3) is 5.91 Å². The van der Waals surface area contributed by atoms with Crippen molar-refractivity contribution in [1.29, 1.82) is 0 Å². The molecular weight excluding hydrogens is 315 g/mol. The zero-order chi connectivity index (χ0) is 17.1. The molecule has 24 heavy (non-hydrogen) atoms. The summed E-state index contributed by atoms with van der Waals surface area (Å²) in [7, 11) is 0. The summed E-state index contributed by atoms with van der Waals surface area (Å²) in [4.78, 5) is 32.5. The van der Waals surface area contributed by atoms with E-state index in [1.54, 1.807) is 12.1 Å². The highest BCUT2D eigenvalue weighted by molar-refractivity contribution is 5.94. The lowest BCUT2D eigenvalue weighted by Gasteiger charge is -2.13. The van der Waals surface area contributed by atoms with E-state index in [4.69, 9.17) is 5.11 Å². The van der Waals surface area contributed by atoms with Crippen LogP contribution in [0.2, 0.25) is 0 Å². The van der Waals surface area contributed by atoms with Gasteiger partial charge in [-0.3, -0.25) is 4.79 Å². The first-order valence-corrected chi connectivity index (χ1v) is 7.39. The minimum absolute atomic E-state index is 0.225. The van der Waals surface area contributed by atoms with Gasteiger partial charge in [-0.15, -0.1) is 0 Å². The quantitative estimate of drug-likeness (QED) is 0.894. The number of carbonyl (C=O) groups excluding carboxylic acids is 1. The lowest BCUT2D eigenvalue weighted by molar-refractivity contribution is 0.0935. The molecule has 1 fully saturated rings. The van der Waals surface area contributed by atoms with Crippen LogP contribution in [0, 0.1) is 5.82 Å². The number of hydrogen-bond acceptors (Lipinski definition) is 4. The van der Waals surface area contributed by atoms with Crippen LogP contribution in [0.5, 0.6) is 0 Å². The summed E-state index contributed by atoms with van der Waals surface area (Å²) >= 11 is 0. The molecule has 3 rings (SSSR count). The SMILES string of the molecule is O=C(NC1CCN(C(=O)O)C1)c1cnc(-c2cccc(F)c2)nc1. The third-order valence-electron chi connectivity index (χ3n) is 3.79. The van der Waals surface area contributed by atoms with Crippen LogP contribution in [-0.4, -0.2) is 51.1 Å². The minimum Gasteiger partial charge on any atom is -0.465 e. The van der Waals surface area contributed by atoms with Gasteiger partial charge in [0.05, 0.1) is 5.56 Å². The van der Waals surface area contributed by atoms with Gasteiger partial charge in [0.2, 0.25) is 0 Å². The lowest BCUT2D eigenvalue weighted by Crippen LogP contribution is -2.38. The van der Waals surface area contributed by atoms with E-state index in [0.717, 1.165) is 0 Å². The first-order valence-electron chi connectivity index (χ1n) is 7.39. The van der Waals surface area contributed by atoms with E-state index >= 15 is 0 Å². The van der Waals surface area contributed by atoms with Gasteiger partial charge >= 0.3 is 6.09 Å². The van der Waals surface area contributed by atoms with Crippen molar-refractivity contribution in [1.82, 2.24) is 20.2 Å². The Morgan fingerprint density at radius 1 is 1.29 bits per heavy atom. The van der Waals surface area contributed by atoms with Gasteiger partial charge in [0.1, 0.15) is 5.82 Å². The molecule has 2 N–H and O–H groups in total. The van der Waals surface area contributed by atoms with E-state index in [-0.39, 0.29) is 29.9 Å². The topological polar surface area (TPSA) is 95.4 Å². The van der Waals surface area contributed by atoms with E-state index in [2.05, 4.69) is 15.3 Å². The zero-order valence-electron chi connectivity index (χ0n) is 12.6. The van der Waals surface area contributed by atoms with Gasteiger partial charge in [-0.2, -0.15) is 0 Å². The number of amides is 2. The molecule has 8 heteroatoms. The van der Waals surface area contributed by atoms with Crippen LogP contribution in [0.15, 0.2) is 36.7 Å². The lowest BCUT2D eigenvalue weighted by atomic mass is 10.2. The van der Waals surface area contributed by atoms with Gasteiger partial charge in [0.15, 0.2) is 5.82 Å². The average Bonchev–Trinajstić information content (AvgIpc) is 3.04. The molecule has 1 aromatic heterocycles. The maximum atomic E-state index is 13.2. The second-order valence-electron chi connectivity index (χ2n) is 5.49. The van der Waals surface area contributed by atoms with Gasteiger partial charge < -0.3 is 15.3 Å². The fourth-order valence-corrected chi connectivity index (χ4v) is 2.54. The number of rotatable bonds is 3. The maximum Gasteiger partial charge on any atom is 0.407 e. The van der Waals surface area contributed by atoms with Crippen LogP contribution in [-0.2, 0) is 0 Å². The molecule has 2 aromatic rings. The predicted molar refractivity (Wildman–Crippen MR) is 82.9 cm³/mol. The van der Waals surface area contributed by atoms with Crippen LogP contribution < -0.4 is 5.32 Å². The number of halogens is 1. The summed E-state index contributed by atoms with van der Waals surface area (Å²) in [5.41, 5.74) is 0.791. The molecule has 0 saturated carbocycles. The fraction of sp³-hybridized carbons (Fsp3) is 0.250. The monoisotopic (exact) mass is 330 g/mol.